The van der Waals surface area contributed by atoms with Gasteiger partial charge in [-0.1, -0.05) is 48.5 Å². The molecule has 0 spiro atoms. The molecule has 0 radical (unpaired) electrons. The normalized spacial score (nSPS) is 11.5. The third-order valence-corrected chi connectivity index (χ3v) is 5.49. The largest absolute Gasteiger partial charge is 0.382 e. The second-order valence-corrected chi connectivity index (χ2v) is 8.00. The quantitative estimate of drug-likeness (QED) is 0.156. The van der Waals surface area contributed by atoms with E-state index < -0.39 is 10.5 Å². The van der Waals surface area contributed by atoms with Gasteiger partial charge in [0.25, 0.3) is 5.69 Å². The van der Waals surface area contributed by atoms with Gasteiger partial charge in [0.1, 0.15) is 11.5 Å². The maximum absolute atomic E-state index is 13.1. The van der Waals surface area contributed by atoms with Crippen LogP contribution in [0, 0.1) is 17.0 Å². The molecule has 0 aliphatic carbocycles. The van der Waals surface area contributed by atoms with E-state index in [1.54, 1.807) is 55.5 Å². The lowest BCUT2D eigenvalue weighted by atomic mass is 10.2. The van der Waals surface area contributed by atoms with Gasteiger partial charge in [-0.25, -0.2) is 9.36 Å². The molecule has 3 aromatic carbocycles. The number of anilines is 1. The molecular weight excluding hydrogens is 488 g/mol. The molecule has 188 valence electrons. The van der Waals surface area contributed by atoms with E-state index in [4.69, 9.17) is 5.73 Å². The van der Waals surface area contributed by atoms with Crippen molar-refractivity contribution in [2.24, 2.45) is 20.5 Å². The Labute approximate surface area is 214 Å². The van der Waals surface area contributed by atoms with E-state index in [1.807, 2.05) is 24.3 Å². The molecule has 13 heteroatoms. The number of nitrogen functional groups attached to an aromatic ring is 1. The van der Waals surface area contributed by atoms with Crippen LogP contribution < -0.4 is 11.3 Å². The van der Waals surface area contributed by atoms with Gasteiger partial charge in [-0.15, -0.1) is 15.3 Å². The Morgan fingerprint density at radius 2 is 1.50 bits per heavy atom. The molecule has 38 heavy (non-hydrogen) atoms. The lowest BCUT2D eigenvalue weighted by Gasteiger charge is -2.04. The number of benzene rings is 3. The molecule has 0 bridgehead atoms. The van der Waals surface area contributed by atoms with Gasteiger partial charge in [-0.05, 0) is 37.3 Å². The molecule has 0 fully saturated rings. The number of hydrogen-bond donors (Lipinski definition) is 2. The molecule has 2 aromatic heterocycles. The number of nitrogens with one attached hydrogen (secondary N) is 1. The van der Waals surface area contributed by atoms with Gasteiger partial charge in [0.2, 0.25) is 5.82 Å². The number of hydrogen-bond acceptors (Lipinski definition) is 9. The third-order valence-electron chi connectivity index (χ3n) is 5.49. The minimum absolute atomic E-state index is 0.0106. The molecular formula is C25H20N10O3. The summed E-state index contributed by atoms with van der Waals surface area (Å²) in [7, 11) is 0. The van der Waals surface area contributed by atoms with Crippen molar-refractivity contribution in [3.8, 4) is 11.4 Å². The molecule has 5 rings (SSSR count). The van der Waals surface area contributed by atoms with E-state index in [9.17, 15) is 14.9 Å². The van der Waals surface area contributed by atoms with Crippen molar-refractivity contribution in [1.29, 1.82) is 0 Å². The average Bonchev–Trinajstić information content (AvgIpc) is 3.41. The van der Waals surface area contributed by atoms with Crippen molar-refractivity contribution >= 4 is 34.4 Å². The first kappa shape index (κ1) is 24.0. The highest BCUT2D eigenvalue weighted by Crippen LogP contribution is 2.38. The van der Waals surface area contributed by atoms with Crippen LogP contribution in [0.25, 0.3) is 11.4 Å². The van der Waals surface area contributed by atoms with Gasteiger partial charge in [0.05, 0.1) is 22.0 Å². The fraction of sp³-hybridized carbons (Fsp3) is 0.0400. The van der Waals surface area contributed by atoms with Crippen LogP contribution >= 0.6 is 0 Å². The minimum Gasteiger partial charge on any atom is -0.382 e. The molecule has 5 aromatic rings. The lowest BCUT2D eigenvalue weighted by Crippen LogP contribution is -2.13. The number of aryl methyl sites for hydroxylation is 1. The van der Waals surface area contributed by atoms with Gasteiger partial charge in [0.15, 0.2) is 11.4 Å². The number of aromatic amines is 1. The number of H-pyrrole nitrogens is 1. The van der Waals surface area contributed by atoms with Gasteiger partial charge >= 0.3 is 5.56 Å². The molecule has 13 nitrogen and oxygen atoms in total. The zero-order chi connectivity index (χ0) is 26.6. The van der Waals surface area contributed by atoms with Gasteiger partial charge in [-0.2, -0.15) is 10.2 Å². The Bertz CT molecular complexity index is 1730. The van der Waals surface area contributed by atoms with Crippen molar-refractivity contribution in [2.45, 2.75) is 6.92 Å². The number of nitrogens with zero attached hydrogens (tertiary/aromatic N) is 8. The molecule has 0 saturated carbocycles. The minimum atomic E-state index is -0.529. The summed E-state index contributed by atoms with van der Waals surface area (Å²) in [5, 5.41) is 35.8. The van der Waals surface area contributed by atoms with Gasteiger partial charge in [-0.3, -0.25) is 20.0 Å². The standard InChI is InChI=1S/C25H20N10O3/c1-16-21(28-27-17-10-4-2-5-11-17)24(34(31-16)19-14-8-9-15-20(19)35(37)38)30-29-22-23(26)32-33(25(22)36)18-12-6-3-7-13-18/h2-15,32H,26H2,1H3. The van der Waals surface area contributed by atoms with Crippen LogP contribution in [0.1, 0.15) is 5.69 Å². The maximum Gasteiger partial charge on any atom is 0.301 e. The van der Waals surface area contributed by atoms with E-state index in [1.165, 1.54) is 21.5 Å². The predicted octanol–water partition coefficient (Wildman–Crippen LogP) is 5.98. The fourth-order valence-electron chi connectivity index (χ4n) is 3.68. The van der Waals surface area contributed by atoms with E-state index in [-0.39, 0.29) is 34.4 Å². The molecule has 2 heterocycles. The van der Waals surface area contributed by atoms with E-state index in [0.717, 1.165) is 0 Å². The highest BCUT2D eigenvalue weighted by Gasteiger charge is 2.23. The number of nitro benzene ring substituents is 1. The Hall–Kier alpha value is -5.72. The van der Waals surface area contributed by atoms with Gasteiger partial charge in [0, 0.05) is 6.07 Å². The summed E-state index contributed by atoms with van der Waals surface area (Å²) in [6, 6.07) is 23.9. The van der Waals surface area contributed by atoms with E-state index >= 15 is 0 Å². The highest BCUT2D eigenvalue weighted by molar-refractivity contribution is 5.67. The Kier molecular flexibility index (Phi) is 6.38. The van der Waals surface area contributed by atoms with Crippen molar-refractivity contribution < 1.29 is 4.92 Å². The average molecular weight is 509 g/mol. The SMILES string of the molecule is Cc1nn(-c2ccccc2[N+](=O)[O-])c(N=Nc2c(N)[nH]n(-c3ccccc3)c2=O)c1N=Nc1ccccc1. The molecule has 0 atom stereocenters. The zero-order valence-corrected chi connectivity index (χ0v) is 20.0. The molecule has 0 unspecified atom stereocenters. The van der Waals surface area contributed by atoms with Crippen molar-refractivity contribution in [2.75, 3.05) is 5.73 Å². The summed E-state index contributed by atoms with van der Waals surface area (Å²) >= 11 is 0. The number of azo groups is 2. The first-order valence-corrected chi connectivity index (χ1v) is 11.3. The van der Waals surface area contributed by atoms with E-state index in [2.05, 4.69) is 30.7 Å². The monoisotopic (exact) mass is 508 g/mol. The van der Waals surface area contributed by atoms with Crippen molar-refractivity contribution in [3.63, 3.8) is 0 Å². The summed E-state index contributed by atoms with van der Waals surface area (Å²) in [4.78, 5) is 24.2. The van der Waals surface area contributed by atoms with Crippen LogP contribution in [0.5, 0.6) is 0 Å². The topological polar surface area (TPSA) is 174 Å². The lowest BCUT2D eigenvalue weighted by molar-refractivity contribution is -0.384. The van der Waals surface area contributed by atoms with Crippen LogP contribution in [0.3, 0.4) is 0 Å². The smallest absolute Gasteiger partial charge is 0.301 e. The molecule has 0 saturated heterocycles. The van der Waals surface area contributed by atoms with Crippen LogP contribution in [0.2, 0.25) is 0 Å². The summed E-state index contributed by atoms with van der Waals surface area (Å²) in [6.45, 7) is 1.66. The Balaban J connectivity index is 1.66. The number of nitro groups is 1. The van der Waals surface area contributed by atoms with Crippen LogP contribution in [0.4, 0.5) is 34.4 Å². The number of rotatable bonds is 7. The first-order valence-electron chi connectivity index (χ1n) is 11.3. The molecule has 0 aliphatic rings. The van der Waals surface area contributed by atoms with Gasteiger partial charge < -0.3 is 5.73 Å². The second-order valence-electron chi connectivity index (χ2n) is 8.00. The highest BCUT2D eigenvalue weighted by atomic mass is 16.6. The van der Waals surface area contributed by atoms with Crippen molar-refractivity contribution in [1.82, 2.24) is 19.6 Å². The summed E-state index contributed by atoms with van der Waals surface area (Å²) < 4.78 is 2.49. The second kappa shape index (κ2) is 10.1. The summed E-state index contributed by atoms with van der Waals surface area (Å²) in [5.74, 6) is 0.0197. The Morgan fingerprint density at radius 3 is 2.21 bits per heavy atom. The summed E-state index contributed by atoms with van der Waals surface area (Å²) in [5.41, 5.74) is 7.05. The Morgan fingerprint density at radius 1 is 0.868 bits per heavy atom. The van der Waals surface area contributed by atoms with Crippen molar-refractivity contribution in [3.05, 3.63) is 111 Å². The van der Waals surface area contributed by atoms with Crippen LogP contribution in [-0.4, -0.2) is 24.5 Å². The van der Waals surface area contributed by atoms with E-state index in [0.29, 0.717) is 17.1 Å². The van der Waals surface area contributed by atoms with Crippen LogP contribution in [-0.2, 0) is 0 Å². The first-order chi connectivity index (χ1) is 18.4. The predicted molar refractivity (Wildman–Crippen MR) is 141 cm³/mol. The maximum atomic E-state index is 13.1. The molecule has 3 N–H and O–H groups in total. The number of aromatic nitrogens is 4. The molecule has 0 aliphatic heterocycles. The molecule has 0 amide bonds. The zero-order valence-electron chi connectivity index (χ0n) is 20.0. The number of nitrogens with two attached hydrogens (primary N) is 1. The fourth-order valence-corrected chi connectivity index (χ4v) is 3.68. The summed E-state index contributed by atoms with van der Waals surface area (Å²) in [6.07, 6.45) is 0. The van der Waals surface area contributed by atoms with Crippen LogP contribution in [0.15, 0.2) is 110 Å². The third kappa shape index (κ3) is 4.58. The number of para-hydroxylation sites is 3.